The summed E-state index contributed by atoms with van der Waals surface area (Å²) in [5.41, 5.74) is 7.03. The molecule has 2 unspecified atom stereocenters. The Bertz CT molecular complexity index is 446. The van der Waals surface area contributed by atoms with Crippen molar-refractivity contribution in [2.45, 2.75) is 38.8 Å². The number of hydrogen-bond donors (Lipinski definition) is 2. The molecule has 0 amide bonds. The van der Waals surface area contributed by atoms with Gasteiger partial charge in [0.2, 0.25) is 5.95 Å². The summed E-state index contributed by atoms with van der Waals surface area (Å²) in [5, 5.41) is 3.26. The highest BCUT2D eigenvalue weighted by Gasteiger charge is 2.23. The van der Waals surface area contributed by atoms with Crippen LogP contribution in [0.5, 0.6) is 0 Å². The summed E-state index contributed by atoms with van der Waals surface area (Å²) < 4.78 is 5.63. The maximum absolute atomic E-state index is 5.63. The Balaban J connectivity index is 2.10. The molecule has 0 bridgehead atoms. The zero-order chi connectivity index (χ0) is 13.1. The van der Waals surface area contributed by atoms with Crippen molar-refractivity contribution in [3.63, 3.8) is 0 Å². The number of nitrogens with one attached hydrogen (secondary N) is 1. The molecule has 1 aromatic heterocycles. The highest BCUT2D eigenvalue weighted by Crippen LogP contribution is 2.18. The Morgan fingerprint density at radius 3 is 3.00 bits per heavy atom. The Morgan fingerprint density at radius 2 is 2.39 bits per heavy atom. The third-order valence-corrected chi connectivity index (χ3v) is 3.20. The minimum absolute atomic E-state index is 0.175. The minimum Gasteiger partial charge on any atom is -0.388 e. The number of nitrogens with two attached hydrogens (primary N) is 1. The largest absolute Gasteiger partial charge is 0.388 e. The fourth-order valence-electron chi connectivity index (χ4n) is 2.05. The smallest absolute Gasteiger partial charge is 0.223 e. The summed E-state index contributed by atoms with van der Waals surface area (Å²) >= 11 is 4.94. The lowest BCUT2D eigenvalue weighted by Crippen LogP contribution is -2.31. The van der Waals surface area contributed by atoms with Crippen LogP contribution in [0, 0.1) is 6.92 Å². The zero-order valence-corrected chi connectivity index (χ0v) is 11.5. The van der Waals surface area contributed by atoms with Crippen molar-refractivity contribution in [1.29, 1.82) is 0 Å². The topological polar surface area (TPSA) is 73.1 Å². The number of anilines is 1. The van der Waals surface area contributed by atoms with Crippen molar-refractivity contribution in [3.8, 4) is 0 Å². The number of aromatic nitrogens is 2. The Kier molecular flexibility index (Phi) is 4.08. The van der Waals surface area contributed by atoms with E-state index in [1.165, 1.54) is 0 Å². The van der Waals surface area contributed by atoms with E-state index >= 15 is 0 Å². The van der Waals surface area contributed by atoms with Crippen molar-refractivity contribution >= 4 is 23.2 Å². The Labute approximate surface area is 112 Å². The second kappa shape index (κ2) is 5.58. The van der Waals surface area contributed by atoms with Crippen molar-refractivity contribution in [1.82, 2.24) is 9.97 Å². The molecule has 1 aliphatic heterocycles. The van der Waals surface area contributed by atoms with Crippen LogP contribution in [-0.2, 0) is 4.74 Å². The Morgan fingerprint density at radius 1 is 1.61 bits per heavy atom. The van der Waals surface area contributed by atoms with Gasteiger partial charge in [-0.25, -0.2) is 9.97 Å². The molecule has 0 spiro atoms. The van der Waals surface area contributed by atoms with Crippen LogP contribution in [0.3, 0.4) is 0 Å². The van der Waals surface area contributed by atoms with E-state index < -0.39 is 0 Å². The van der Waals surface area contributed by atoms with E-state index in [0.29, 0.717) is 11.6 Å². The van der Waals surface area contributed by atoms with Crippen LogP contribution in [-0.4, -0.2) is 33.7 Å². The van der Waals surface area contributed by atoms with Crippen LogP contribution in [0.15, 0.2) is 6.07 Å². The normalized spacial score (nSPS) is 20.7. The summed E-state index contributed by atoms with van der Waals surface area (Å²) in [6.45, 7) is 4.80. The van der Waals surface area contributed by atoms with E-state index in [9.17, 15) is 0 Å². The van der Waals surface area contributed by atoms with Gasteiger partial charge in [-0.15, -0.1) is 0 Å². The number of ether oxygens (including phenoxy) is 1. The van der Waals surface area contributed by atoms with Gasteiger partial charge in [-0.05, 0) is 32.8 Å². The fourth-order valence-corrected chi connectivity index (χ4v) is 2.16. The van der Waals surface area contributed by atoms with Gasteiger partial charge >= 0.3 is 0 Å². The van der Waals surface area contributed by atoms with E-state index in [1.807, 2.05) is 6.92 Å². The van der Waals surface area contributed by atoms with E-state index in [2.05, 4.69) is 22.2 Å². The molecule has 1 fully saturated rings. The number of thiocarbonyl (C=S) groups is 1. The molecular formula is C12H18N4OS. The van der Waals surface area contributed by atoms with Gasteiger partial charge in [-0.2, -0.15) is 0 Å². The predicted octanol–water partition coefficient (Wildman–Crippen LogP) is 1.40. The molecule has 1 saturated heterocycles. The van der Waals surface area contributed by atoms with Gasteiger partial charge in [0, 0.05) is 12.3 Å². The van der Waals surface area contributed by atoms with E-state index in [1.54, 1.807) is 6.07 Å². The van der Waals surface area contributed by atoms with Crippen molar-refractivity contribution in [2.75, 3.05) is 11.9 Å². The predicted molar refractivity (Wildman–Crippen MR) is 74.7 cm³/mol. The van der Waals surface area contributed by atoms with Crippen LogP contribution in [0.4, 0.5) is 5.95 Å². The summed E-state index contributed by atoms with van der Waals surface area (Å²) in [5.74, 6) is 0.556. The molecule has 6 heteroatoms. The van der Waals surface area contributed by atoms with Crippen LogP contribution in [0.2, 0.25) is 0 Å². The van der Waals surface area contributed by atoms with Crippen LogP contribution < -0.4 is 11.1 Å². The van der Waals surface area contributed by atoms with E-state index in [0.717, 1.165) is 25.1 Å². The molecule has 2 atom stereocenters. The zero-order valence-electron chi connectivity index (χ0n) is 10.6. The summed E-state index contributed by atoms with van der Waals surface area (Å²) in [6, 6.07) is 1.96. The highest BCUT2D eigenvalue weighted by atomic mass is 32.1. The molecule has 98 valence electrons. The minimum atomic E-state index is 0.175. The third-order valence-electron chi connectivity index (χ3n) is 2.99. The molecule has 18 heavy (non-hydrogen) atoms. The Hall–Kier alpha value is -1.27. The molecular weight excluding hydrogens is 248 g/mol. The van der Waals surface area contributed by atoms with Crippen LogP contribution >= 0.6 is 12.2 Å². The monoisotopic (exact) mass is 266 g/mol. The molecule has 5 nitrogen and oxygen atoms in total. The molecule has 0 radical (unpaired) electrons. The van der Waals surface area contributed by atoms with Crippen molar-refractivity contribution < 1.29 is 4.74 Å². The van der Waals surface area contributed by atoms with Gasteiger partial charge < -0.3 is 15.8 Å². The van der Waals surface area contributed by atoms with Crippen molar-refractivity contribution in [2.24, 2.45) is 5.73 Å². The number of hydrogen-bond acceptors (Lipinski definition) is 5. The molecule has 0 aromatic carbocycles. The second-order valence-corrected chi connectivity index (χ2v) is 5.01. The molecule has 0 saturated carbocycles. The summed E-state index contributed by atoms with van der Waals surface area (Å²) in [4.78, 5) is 8.92. The maximum atomic E-state index is 5.63. The average molecular weight is 266 g/mol. The van der Waals surface area contributed by atoms with Gasteiger partial charge in [0.25, 0.3) is 0 Å². The van der Waals surface area contributed by atoms with Crippen LogP contribution in [0.1, 0.15) is 31.2 Å². The molecule has 2 rings (SSSR count). The second-order valence-electron chi connectivity index (χ2n) is 4.57. The lowest BCUT2D eigenvalue weighted by atomic mass is 10.1. The van der Waals surface area contributed by atoms with Gasteiger partial charge in [0.1, 0.15) is 10.7 Å². The first-order chi connectivity index (χ1) is 8.56. The van der Waals surface area contributed by atoms with Gasteiger partial charge in [0.15, 0.2) is 0 Å². The number of nitrogens with zero attached hydrogens (tertiary/aromatic N) is 2. The number of aryl methyl sites for hydroxylation is 1. The quantitative estimate of drug-likeness (QED) is 0.803. The summed E-state index contributed by atoms with van der Waals surface area (Å²) in [6.07, 6.45) is 2.41. The standard InChI is InChI=1S/C12H18N4OS/c1-7-6-9(11(13)18)16-12(14-7)15-8(2)10-4-3-5-17-10/h6,8,10H,3-5H2,1-2H3,(H2,13,18)(H,14,15,16). The molecule has 2 heterocycles. The van der Waals surface area contributed by atoms with Gasteiger partial charge in [-0.3, -0.25) is 0 Å². The number of rotatable bonds is 4. The van der Waals surface area contributed by atoms with Gasteiger partial charge in [0.05, 0.1) is 12.1 Å². The highest BCUT2D eigenvalue weighted by molar-refractivity contribution is 7.80. The first kappa shape index (κ1) is 13.2. The maximum Gasteiger partial charge on any atom is 0.223 e. The molecule has 3 N–H and O–H groups in total. The first-order valence-electron chi connectivity index (χ1n) is 6.10. The SMILES string of the molecule is Cc1cc(C(N)=S)nc(NC(C)C2CCCO2)n1. The molecule has 1 aliphatic rings. The lowest BCUT2D eigenvalue weighted by molar-refractivity contribution is 0.0994. The van der Waals surface area contributed by atoms with E-state index in [4.69, 9.17) is 22.7 Å². The fraction of sp³-hybridized carbons (Fsp3) is 0.583. The molecule has 1 aromatic rings. The molecule has 0 aliphatic carbocycles. The van der Waals surface area contributed by atoms with E-state index in [-0.39, 0.29) is 17.1 Å². The van der Waals surface area contributed by atoms with Gasteiger partial charge in [-0.1, -0.05) is 12.2 Å². The lowest BCUT2D eigenvalue weighted by Gasteiger charge is -2.20. The third kappa shape index (κ3) is 3.14. The first-order valence-corrected chi connectivity index (χ1v) is 6.50. The van der Waals surface area contributed by atoms with Crippen molar-refractivity contribution in [3.05, 3.63) is 17.5 Å². The summed E-state index contributed by atoms with van der Waals surface area (Å²) in [7, 11) is 0. The van der Waals surface area contributed by atoms with Crippen LogP contribution in [0.25, 0.3) is 0 Å². The average Bonchev–Trinajstić information content (AvgIpc) is 2.81.